The average molecular weight is 408 g/mol. The molecule has 10 atom stereocenters. The van der Waals surface area contributed by atoms with Crippen LogP contribution in [0.15, 0.2) is 0 Å². The molecule has 4 aliphatic rings. The summed E-state index contributed by atoms with van der Waals surface area (Å²) in [5, 5.41) is 10.6. The van der Waals surface area contributed by atoms with Gasteiger partial charge in [0.15, 0.2) is 0 Å². The lowest BCUT2D eigenvalue weighted by Gasteiger charge is -2.63. The van der Waals surface area contributed by atoms with Crippen LogP contribution in [-0.2, 0) is 19.1 Å². The van der Waals surface area contributed by atoms with Gasteiger partial charge in [-0.2, -0.15) is 0 Å². The molecule has 0 saturated heterocycles. The van der Waals surface area contributed by atoms with E-state index in [2.05, 4.69) is 13.8 Å². The van der Waals surface area contributed by atoms with Gasteiger partial charge in [-0.25, -0.2) is 0 Å². The summed E-state index contributed by atoms with van der Waals surface area (Å²) in [5.74, 6) is 1.22. The summed E-state index contributed by atoms with van der Waals surface area (Å²) >= 11 is 0. The molecule has 0 aromatic rings. The van der Waals surface area contributed by atoms with E-state index in [0.717, 1.165) is 32.1 Å². The number of hydrogen-bond acceptors (Lipinski definition) is 6. The van der Waals surface area contributed by atoms with Crippen molar-refractivity contribution in [1.82, 2.24) is 0 Å². The molecule has 164 valence electrons. The number of aliphatic hydroxyl groups is 1. The molecule has 0 bridgehead atoms. The first-order chi connectivity index (χ1) is 13.6. The van der Waals surface area contributed by atoms with Crippen LogP contribution in [0.3, 0.4) is 0 Å². The number of carbonyl (C=O) groups is 2. The van der Waals surface area contributed by atoms with E-state index in [1.54, 1.807) is 0 Å². The number of nitrogens with two attached hydrogens (primary N) is 1. The first-order valence-electron chi connectivity index (χ1n) is 11.3. The lowest BCUT2D eigenvalue weighted by atomic mass is 9.43. The standard InChI is InChI=1S/C23H37NO5/c1-12(25)29-19-11-22(2)13(9-18(19)26)5-6-14-15-7-8-16(21(27)28-4)23(15,3)10-17(24)20(14)22/h13-20,26H,5-11,24H2,1-4H3/t13-,14-,15-,16+,17+,18-,19-,20+,22-,23-/m0/s1. The minimum Gasteiger partial charge on any atom is -0.469 e. The molecule has 0 amide bonds. The van der Waals surface area contributed by atoms with Crippen molar-refractivity contribution in [3.8, 4) is 0 Å². The highest BCUT2D eigenvalue weighted by Gasteiger charge is 2.64. The van der Waals surface area contributed by atoms with Gasteiger partial charge >= 0.3 is 11.9 Å². The molecule has 6 heteroatoms. The Bertz CT molecular complexity index is 682. The van der Waals surface area contributed by atoms with Crippen molar-refractivity contribution < 1.29 is 24.2 Å². The number of methoxy groups -OCH3 is 1. The maximum Gasteiger partial charge on any atom is 0.309 e. The lowest BCUT2D eigenvalue weighted by Crippen LogP contribution is -2.63. The predicted molar refractivity (Wildman–Crippen MR) is 108 cm³/mol. The first kappa shape index (κ1) is 21.1. The van der Waals surface area contributed by atoms with Crippen molar-refractivity contribution in [2.24, 2.45) is 46.2 Å². The van der Waals surface area contributed by atoms with Crippen LogP contribution >= 0.6 is 0 Å². The van der Waals surface area contributed by atoms with Crippen molar-refractivity contribution in [2.45, 2.75) is 84.0 Å². The van der Waals surface area contributed by atoms with E-state index >= 15 is 0 Å². The van der Waals surface area contributed by atoms with Crippen LogP contribution < -0.4 is 5.73 Å². The Hall–Kier alpha value is -1.14. The van der Waals surface area contributed by atoms with Crippen molar-refractivity contribution in [2.75, 3.05) is 7.11 Å². The maximum atomic E-state index is 12.5. The van der Waals surface area contributed by atoms with Crippen LogP contribution in [0.4, 0.5) is 0 Å². The quantitative estimate of drug-likeness (QED) is 0.683. The summed E-state index contributed by atoms with van der Waals surface area (Å²) in [4.78, 5) is 24.1. The molecule has 4 fully saturated rings. The normalized spacial score (nSPS) is 51.4. The van der Waals surface area contributed by atoms with E-state index in [1.807, 2.05) is 0 Å². The molecule has 0 aliphatic heterocycles. The minimum atomic E-state index is -0.589. The van der Waals surface area contributed by atoms with Crippen LogP contribution in [0.5, 0.6) is 0 Å². The molecular formula is C23H37NO5. The zero-order chi connectivity index (χ0) is 21.1. The number of fused-ring (bicyclic) bond motifs is 5. The van der Waals surface area contributed by atoms with Crippen LogP contribution in [0, 0.1) is 40.4 Å². The number of rotatable bonds is 2. The lowest BCUT2D eigenvalue weighted by molar-refractivity contribution is -0.186. The van der Waals surface area contributed by atoms with Crippen molar-refractivity contribution in [3.63, 3.8) is 0 Å². The molecule has 0 radical (unpaired) electrons. The Morgan fingerprint density at radius 3 is 2.45 bits per heavy atom. The molecule has 0 unspecified atom stereocenters. The van der Waals surface area contributed by atoms with Gasteiger partial charge < -0.3 is 20.3 Å². The summed E-state index contributed by atoms with van der Waals surface area (Å²) in [6.07, 6.45) is 5.28. The highest BCUT2D eigenvalue weighted by molar-refractivity contribution is 5.74. The number of esters is 2. The Balaban J connectivity index is 1.64. The fraction of sp³-hybridized carbons (Fsp3) is 0.913. The monoisotopic (exact) mass is 407 g/mol. The predicted octanol–water partition coefficient (Wildman–Crippen LogP) is 2.66. The number of hydrogen-bond donors (Lipinski definition) is 2. The third-order valence-electron chi connectivity index (χ3n) is 9.47. The minimum absolute atomic E-state index is 0.00697. The second-order valence-electron chi connectivity index (χ2n) is 10.8. The van der Waals surface area contributed by atoms with Crippen molar-refractivity contribution in [1.29, 1.82) is 0 Å². The summed E-state index contributed by atoms with van der Waals surface area (Å²) in [5.41, 5.74) is 6.74. The summed E-state index contributed by atoms with van der Waals surface area (Å²) in [7, 11) is 1.49. The highest BCUT2D eigenvalue weighted by Crippen LogP contribution is 2.67. The molecule has 4 saturated carbocycles. The molecule has 4 rings (SSSR count). The van der Waals surface area contributed by atoms with E-state index in [9.17, 15) is 14.7 Å². The number of ether oxygens (including phenoxy) is 2. The fourth-order valence-corrected chi connectivity index (χ4v) is 8.38. The largest absolute Gasteiger partial charge is 0.469 e. The van der Waals surface area contributed by atoms with Crippen molar-refractivity contribution >= 4 is 11.9 Å². The molecule has 0 heterocycles. The summed E-state index contributed by atoms with van der Waals surface area (Å²) in [6.45, 7) is 5.98. The Morgan fingerprint density at radius 1 is 1.07 bits per heavy atom. The smallest absolute Gasteiger partial charge is 0.309 e. The van der Waals surface area contributed by atoms with Gasteiger partial charge in [0.2, 0.25) is 0 Å². The van der Waals surface area contributed by atoms with Gasteiger partial charge in [-0.3, -0.25) is 9.59 Å². The Kier molecular flexibility index (Phi) is 5.26. The Morgan fingerprint density at radius 2 is 1.79 bits per heavy atom. The third kappa shape index (κ3) is 3.13. The second-order valence-corrected chi connectivity index (χ2v) is 10.8. The van der Waals surface area contributed by atoms with Crippen molar-refractivity contribution in [3.05, 3.63) is 0 Å². The summed E-state index contributed by atoms with van der Waals surface area (Å²) in [6, 6.07) is 0.00697. The van der Waals surface area contributed by atoms with Gasteiger partial charge in [-0.05, 0) is 79.4 Å². The molecular weight excluding hydrogens is 370 g/mol. The zero-order valence-electron chi connectivity index (χ0n) is 18.2. The molecule has 4 aliphatic carbocycles. The molecule has 6 nitrogen and oxygen atoms in total. The average Bonchev–Trinajstić information content (AvgIpc) is 2.98. The third-order valence-corrected chi connectivity index (χ3v) is 9.47. The highest BCUT2D eigenvalue weighted by atomic mass is 16.6. The van der Waals surface area contributed by atoms with Gasteiger partial charge in [0.1, 0.15) is 6.10 Å². The molecule has 0 aromatic carbocycles. The molecule has 0 spiro atoms. The van der Waals surface area contributed by atoms with E-state index in [0.29, 0.717) is 36.5 Å². The summed E-state index contributed by atoms with van der Waals surface area (Å²) < 4.78 is 10.6. The number of aliphatic hydroxyl groups excluding tert-OH is 1. The van der Waals surface area contributed by atoms with E-state index in [-0.39, 0.29) is 34.7 Å². The van der Waals surface area contributed by atoms with E-state index in [4.69, 9.17) is 15.2 Å². The SMILES string of the molecule is COC(=O)[C@H]1CC[C@H]2[C@@H]3CC[C@H]4C[C@H](O)[C@@H](OC(C)=O)C[C@]4(C)[C@H]3[C@H](N)C[C@]12C. The fourth-order valence-electron chi connectivity index (χ4n) is 8.38. The van der Waals surface area contributed by atoms with Gasteiger partial charge in [0.05, 0.1) is 19.1 Å². The van der Waals surface area contributed by atoms with Crippen LogP contribution in [0.2, 0.25) is 0 Å². The second kappa shape index (κ2) is 7.23. The van der Waals surface area contributed by atoms with Crippen LogP contribution in [0.25, 0.3) is 0 Å². The van der Waals surface area contributed by atoms with E-state index in [1.165, 1.54) is 14.0 Å². The molecule has 29 heavy (non-hydrogen) atoms. The van der Waals surface area contributed by atoms with Gasteiger partial charge in [0, 0.05) is 13.0 Å². The van der Waals surface area contributed by atoms with Crippen LogP contribution in [-0.4, -0.2) is 42.4 Å². The first-order valence-corrected chi connectivity index (χ1v) is 11.3. The maximum absolute atomic E-state index is 12.5. The zero-order valence-corrected chi connectivity index (χ0v) is 18.2. The number of carbonyl (C=O) groups excluding carboxylic acids is 2. The van der Waals surface area contributed by atoms with Gasteiger partial charge in [0.25, 0.3) is 0 Å². The van der Waals surface area contributed by atoms with Crippen LogP contribution in [0.1, 0.15) is 65.7 Å². The van der Waals surface area contributed by atoms with E-state index < -0.39 is 12.2 Å². The topological polar surface area (TPSA) is 98.9 Å². The molecule has 0 aromatic heterocycles. The van der Waals surface area contributed by atoms with Gasteiger partial charge in [-0.15, -0.1) is 0 Å². The molecule has 3 N–H and O–H groups in total. The Labute approximate surface area is 173 Å². The van der Waals surface area contributed by atoms with Gasteiger partial charge in [-0.1, -0.05) is 13.8 Å².